The number of fused-ring (bicyclic) bond motifs is 1. The van der Waals surface area contributed by atoms with Crippen LogP contribution in [0, 0.1) is 5.82 Å². The lowest BCUT2D eigenvalue weighted by Crippen LogP contribution is -2.54. The third-order valence-corrected chi connectivity index (χ3v) is 6.50. The van der Waals surface area contributed by atoms with Gasteiger partial charge in [-0.15, -0.1) is 0 Å². The van der Waals surface area contributed by atoms with E-state index >= 15 is 0 Å². The van der Waals surface area contributed by atoms with Gasteiger partial charge < -0.3 is 4.90 Å². The minimum Gasteiger partial charge on any atom is -0.336 e. The highest BCUT2D eigenvalue weighted by atomic mass is 19.1. The predicted molar refractivity (Wildman–Crippen MR) is 131 cm³/mol. The van der Waals surface area contributed by atoms with E-state index in [0.29, 0.717) is 29.6 Å². The Morgan fingerprint density at radius 3 is 2.68 bits per heavy atom. The lowest BCUT2D eigenvalue weighted by atomic mass is 10.1. The van der Waals surface area contributed by atoms with Crippen LogP contribution in [-0.2, 0) is 6.54 Å². The largest absolute Gasteiger partial charge is 0.336 e. The fraction of sp³-hybridized carbons (Fsp3) is 0.346. The van der Waals surface area contributed by atoms with E-state index in [2.05, 4.69) is 29.8 Å². The van der Waals surface area contributed by atoms with Crippen molar-refractivity contribution in [2.75, 3.05) is 26.2 Å². The van der Waals surface area contributed by atoms with Crippen LogP contribution >= 0.6 is 0 Å². The SMILES string of the molecule is CC=C(C)CN1CCN(C(=O)c2cc(Cn3c(=O)[nH]c(=O)c4ccccc43)ccc2F)CC1C. The molecule has 1 aromatic heterocycles. The second-order valence-electron chi connectivity index (χ2n) is 8.88. The Balaban J connectivity index is 1.58. The van der Waals surface area contributed by atoms with Gasteiger partial charge in [0.05, 0.1) is 23.0 Å². The summed E-state index contributed by atoms with van der Waals surface area (Å²) in [4.78, 5) is 44.2. The van der Waals surface area contributed by atoms with Crippen molar-refractivity contribution in [1.82, 2.24) is 19.4 Å². The zero-order valence-corrected chi connectivity index (χ0v) is 19.7. The Labute approximate surface area is 197 Å². The summed E-state index contributed by atoms with van der Waals surface area (Å²) in [7, 11) is 0. The van der Waals surface area contributed by atoms with Gasteiger partial charge in [-0.05, 0) is 50.6 Å². The lowest BCUT2D eigenvalue weighted by molar-refractivity contribution is 0.0533. The monoisotopic (exact) mass is 464 g/mol. The number of H-pyrrole nitrogens is 1. The third kappa shape index (κ3) is 4.72. The fourth-order valence-electron chi connectivity index (χ4n) is 4.41. The van der Waals surface area contributed by atoms with Crippen LogP contribution in [0.15, 0.2) is 63.7 Å². The van der Waals surface area contributed by atoms with Crippen molar-refractivity contribution >= 4 is 16.8 Å². The molecule has 178 valence electrons. The Morgan fingerprint density at radius 2 is 1.94 bits per heavy atom. The van der Waals surface area contributed by atoms with Crippen molar-refractivity contribution in [2.24, 2.45) is 0 Å². The minimum atomic E-state index is -0.590. The van der Waals surface area contributed by atoms with E-state index in [1.54, 1.807) is 35.2 Å². The molecule has 4 rings (SSSR count). The first-order valence-electron chi connectivity index (χ1n) is 11.4. The topological polar surface area (TPSA) is 78.4 Å². The molecule has 1 aliphatic rings. The molecule has 7 nitrogen and oxygen atoms in total. The number of hydrogen-bond acceptors (Lipinski definition) is 4. The molecular weight excluding hydrogens is 435 g/mol. The summed E-state index contributed by atoms with van der Waals surface area (Å²) in [5.74, 6) is -0.945. The molecule has 0 spiro atoms. The number of aromatic amines is 1. The molecule has 0 aliphatic carbocycles. The van der Waals surface area contributed by atoms with E-state index in [4.69, 9.17) is 0 Å². The predicted octanol–water partition coefficient (Wildman–Crippen LogP) is 2.99. The number of nitrogens with zero attached hydrogens (tertiary/aromatic N) is 3. The van der Waals surface area contributed by atoms with Gasteiger partial charge in [0.15, 0.2) is 0 Å². The first-order chi connectivity index (χ1) is 16.3. The smallest absolute Gasteiger partial charge is 0.329 e. The number of allylic oxidation sites excluding steroid dienone is 1. The first-order valence-corrected chi connectivity index (χ1v) is 11.4. The molecule has 1 saturated heterocycles. The third-order valence-electron chi connectivity index (χ3n) is 6.50. The number of carbonyl (C=O) groups excluding carboxylic acids is 1. The van der Waals surface area contributed by atoms with Crippen molar-refractivity contribution in [1.29, 1.82) is 0 Å². The molecule has 1 amide bonds. The van der Waals surface area contributed by atoms with Crippen molar-refractivity contribution in [3.05, 3.63) is 91.9 Å². The van der Waals surface area contributed by atoms with Crippen LogP contribution in [0.2, 0.25) is 0 Å². The molecule has 0 bridgehead atoms. The molecule has 2 heterocycles. The molecule has 8 heteroatoms. The zero-order valence-electron chi connectivity index (χ0n) is 19.7. The van der Waals surface area contributed by atoms with E-state index in [9.17, 15) is 18.8 Å². The van der Waals surface area contributed by atoms with Crippen LogP contribution in [0.25, 0.3) is 10.9 Å². The second-order valence-corrected chi connectivity index (χ2v) is 8.88. The number of aromatic nitrogens is 2. The fourth-order valence-corrected chi connectivity index (χ4v) is 4.41. The number of amides is 1. The van der Waals surface area contributed by atoms with Crippen LogP contribution in [0.3, 0.4) is 0 Å². The second kappa shape index (κ2) is 9.77. The number of nitrogens with one attached hydrogen (secondary N) is 1. The van der Waals surface area contributed by atoms with E-state index in [0.717, 1.165) is 13.1 Å². The van der Waals surface area contributed by atoms with Crippen LogP contribution < -0.4 is 11.2 Å². The van der Waals surface area contributed by atoms with E-state index in [-0.39, 0.29) is 24.1 Å². The molecular formula is C26H29FN4O3. The highest BCUT2D eigenvalue weighted by Gasteiger charge is 2.28. The number of benzene rings is 2. The molecule has 3 aromatic rings. The van der Waals surface area contributed by atoms with Crippen molar-refractivity contribution < 1.29 is 9.18 Å². The highest BCUT2D eigenvalue weighted by Crippen LogP contribution is 2.19. The molecule has 1 aliphatic heterocycles. The van der Waals surface area contributed by atoms with Gasteiger partial charge >= 0.3 is 5.69 Å². The molecule has 0 saturated carbocycles. The zero-order chi connectivity index (χ0) is 24.4. The molecule has 1 unspecified atom stereocenters. The van der Waals surface area contributed by atoms with E-state index < -0.39 is 17.1 Å². The van der Waals surface area contributed by atoms with Gasteiger partial charge in [0.25, 0.3) is 11.5 Å². The minimum absolute atomic E-state index is 0.00966. The summed E-state index contributed by atoms with van der Waals surface area (Å²) in [6.07, 6.45) is 2.09. The summed E-state index contributed by atoms with van der Waals surface area (Å²) in [5.41, 5.74) is 1.33. The number of carbonyl (C=O) groups is 1. The van der Waals surface area contributed by atoms with E-state index in [1.807, 2.05) is 6.92 Å². The van der Waals surface area contributed by atoms with Crippen LogP contribution in [-0.4, -0.2) is 57.5 Å². The Kier molecular flexibility index (Phi) is 6.79. The van der Waals surface area contributed by atoms with Crippen molar-refractivity contribution in [3.8, 4) is 0 Å². The Morgan fingerprint density at radius 1 is 1.18 bits per heavy atom. The Hall–Kier alpha value is -3.52. The van der Waals surface area contributed by atoms with Gasteiger partial charge in [0.1, 0.15) is 5.82 Å². The number of hydrogen-bond donors (Lipinski definition) is 1. The average Bonchev–Trinajstić information content (AvgIpc) is 2.83. The van der Waals surface area contributed by atoms with Gasteiger partial charge in [0, 0.05) is 32.2 Å². The van der Waals surface area contributed by atoms with Gasteiger partial charge in [-0.3, -0.25) is 24.0 Å². The van der Waals surface area contributed by atoms with Gasteiger partial charge in [-0.25, -0.2) is 9.18 Å². The standard InChI is InChI=1S/C26H29FN4O3/c1-4-17(2)14-29-11-12-30(15-18(29)3)25(33)21-13-19(9-10-22(21)27)16-31-23-8-6-5-7-20(23)24(32)28-26(31)34/h4-10,13,18H,11-12,14-16H2,1-3H3,(H,28,32,34). The van der Waals surface area contributed by atoms with Gasteiger partial charge in [-0.2, -0.15) is 0 Å². The van der Waals surface area contributed by atoms with Gasteiger partial charge in [-0.1, -0.05) is 29.8 Å². The summed E-state index contributed by atoms with van der Waals surface area (Å²) in [5, 5.41) is 0.389. The molecule has 1 atom stereocenters. The summed E-state index contributed by atoms with van der Waals surface area (Å²) in [6.45, 7) is 8.88. The number of para-hydroxylation sites is 1. The summed E-state index contributed by atoms with van der Waals surface area (Å²) in [6, 6.07) is 11.3. The maximum absolute atomic E-state index is 14.7. The quantitative estimate of drug-likeness (QED) is 0.589. The van der Waals surface area contributed by atoms with Crippen LogP contribution in [0.5, 0.6) is 0 Å². The summed E-state index contributed by atoms with van der Waals surface area (Å²) >= 11 is 0. The number of piperazine rings is 1. The number of halogens is 1. The lowest BCUT2D eigenvalue weighted by Gasteiger charge is -2.40. The number of rotatable bonds is 5. The maximum Gasteiger partial charge on any atom is 0.329 e. The van der Waals surface area contributed by atoms with Crippen LogP contribution in [0.1, 0.15) is 36.7 Å². The van der Waals surface area contributed by atoms with E-state index in [1.165, 1.54) is 22.3 Å². The van der Waals surface area contributed by atoms with Crippen molar-refractivity contribution in [2.45, 2.75) is 33.4 Å². The maximum atomic E-state index is 14.7. The highest BCUT2D eigenvalue weighted by molar-refractivity contribution is 5.94. The van der Waals surface area contributed by atoms with Crippen LogP contribution in [0.4, 0.5) is 4.39 Å². The molecule has 34 heavy (non-hydrogen) atoms. The molecule has 1 fully saturated rings. The normalized spacial score (nSPS) is 17.4. The van der Waals surface area contributed by atoms with Gasteiger partial charge in [0.2, 0.25) is 0 Å². The molecule has 2 aromatic carbocycles. The first kappa shape index (κ1) is 23.6. The summed E-state index contributed by atoms with van der Waals surface area (Å²) < 4.78 is 16.1. The Bertz CT molecular complexity index is 1370. The van der Waals surface area contributed by atoms with Crippen molar-refractivity contribution in [3.63, 3.8) is 0 Å². The molecule has 0 radical (unpaired) electrons. The average molecular weight is 465 g/mol. The molecule has 1 N–H and O–H groups in total.